The van der Waals surface area contributed by atoms with E-state index in [1.165, 1.54) is 14.1 Å². The maximum Gasteiger partial charge on any atom is 0.111 e. The van der Waals surface area contributed by atoms with Crippen LogP contribution in [0.4, 0.5) is 0 Å². The van der Waals surface area contributed by atoms with Crippen LogP contribution in [0.1, 0.15) is 15.0 Å². The number of hydrogen-bond donors (Lipinski definition) is 0. The Balaban J connectivity index is 2.43. The summed E-state index contributed by atoms with van der Waals surface area (Å²) < 4.78 is 3.69. The summed E-state index contributed by atoms with van der Waals surface area (Å²) in [4.78, 5) is 14.0. The first-order chi connectivity index (χ1) is 8.63. The number of fused-ring (bicyclic) bond motifs is 6. The van der Waals surface area contributed by atoms with E-state index >= 15 is 0 Å². The molecular formula is C12H9N3S3. The van der Waals surface area contributed by atoms with Crippen molar-refractivity contribution in [1.29, 1.82) is 0 Å². The summed E-state index contributed by atoms with van der Waals surface area (Å²) >= 11 is 5.22. The summed E-state index contributed by atoms with van der Waals surface area (Å²) in [5.74, 6) is 0. The minimum Gasteiger partial charge on any atom is -0.240 e. The lowest BCUT2D eigenvalue weighted by molar-refractivity contribution is 1.32. The van der Waals surface area contributed by atoms with Gasteiger partial charge in [-0.15, -0.1) is 34.0 Å². The summed E-state index contributed by atoms with van der Waals surface area (Å²) in [7, 11) is 0. The third-order valence-corrected chi connectivity index (χ3v) is 5.93. The number of thiazole rings is 3. The van der Waals surface area contributed by atoms with E-state index in [1.807, 2.05) is 6.92 Å². The molecule has 0 bridgehead atoms. The van der Waals surface area contributed by atoms with Gasteiger partial charge in [-0.2, -0.15) is 0 Å². The standard InChI is InChI=1S/C12H9N3S3/c1-4-13-7-8-11(17-5(2)14-8)12-9(10(7)16-4)15-6(3)18-12/h1-3H3. The Labute approximate surface area is 115 Å². The van der Waals surface area contributed by atoms with Gasteiger partial charge in [-0.3, -0.25) is 0 Å². The van der Waals surface area contributed by atoms with Gasteiger partial charge in [-0.25, -0.2) is 15.0 Å². The highest BCUT2D eigenvalue weighted by molar-refractivity contribution is 7.28. The third kappa shape index (κ3) is 1.31. The van der Waals surface area contributed by atoms with Gasteiger partial charge in [0, 0.05) is 0 Å². The molecular weight excluding hydrogens is 282 g/mol. The largest absolute Gasteiger partial charge is 0.240 e. The molecule has 0 aliphatic heterocycles. The molecule has 18 heavy (non-hydrogen) atoms. The molecule has 0 amide bonds. The first-order valence-corrected chi connectivity index (χ1v) is 8.02. The molecule has 90 valence electrons. The summed E-state index contributed by atoms with van der Waals surface area (Å²) in [6.45, 7) is 6.15. The average Bonchev–Trinajstić information content (AvgIpc) is 2.93. The van der Waals surface area contributed by atoms with E-state index in [9.17, 15) is 0 Å². The van der Waals surface area contributed by atoms with Crippen LogP contribution in [0.15, 0.2) is 0 Å². The molecule has 0 aliphatic rings. The maximum atomic E-state index is 4.68. The molecule has 0 unspecified atom stereocenters. The second-order valence-electron chi connectivity index (χ2n) is 4.23. The van der Waals surface area contributed by atoms with E-state index in [0.717, 1.165) is 31.6 Å². The van der Waals surface area contributed by atoms with Crippen LogP contribution in [0.3, 0.4) is 0 Å². The fourth-order valence-electron chi connectivity index (χ4n) is 2.22. The number of rotatable bonds is 0. The monoisotopic (exact) mass is 291 g/mol. The zero-order valence-corrected chi connectivity index (χ0v) is 12.5. The Kier molecular flexibility index (Phi) is 2.07. The molecule has 3 aromatic heterocycles. The third-order valence-electron chi connectivity index (χ3n) is 2.85. The van der Waals surface area contributed by atoms with Crippen LogP contribution in [0.25, 0.3) is 30.6 Å². The van der Waals surface area contributed by atoms with Gasteiger partial charge in [0.05, 0.1) is 29.1 Å². The zero-order chi connectivity index (χ0) is 12.4. The molecule has 4 rings (SSSR count). The van der Waals surface area contributed by atoms with Crippen molar-refractivity contribution in [1.82, 2.24) is 15.0 Å². The van der Waals surface area contributed by atoms with Crippen molar-refractivity contribution in [3.8, 4) is 0 Å². The highest BCUT2D eigenvalue weighted by atomic mass is 32.1. The van der Waals surface area contributed by atoms with E-state index < -0.39 is 0 Å². The second kappa shape index (κ2) is 3.46. The van der Waals surface area contributed by atoms with Gasteiger partial charge in [-0.05, 0) is 20.8 Å². The van der Waals surface area contributed by atoms with Crippen LogP contribution in [-0.2, 0) is 0 Å². The van der Waals surface area contributed by atoms with Crippen LogP contribution in [0.5, 0.6) is 0 Å². The van der Waals surface area contributed by atoms with Crippen molar-refractivity contribution in [2.75, 3.05) is 0 Å². The van der Waals surface area contributed by atoms with Gasteiger partial charge in [0.15, 0.2) is 0 Å². The van der Waals surface area contributed by atoms with Gasteiger partial charge in [-0.1, -0.05) is 0 Å². The summed E-state index contributed by atoms with van der Waals surface area (Å²) in [5, 5.41) is 3.28. The quantitative estimate of drug-likeness (QED) is 0.481. The van der Waals surface area contributed by atoms with Crippen molar-refractivity contribution >= 4 is 64.7 Å². The Morgan fingerprint density at radius 3 is 1.56 bits per heavy atom. The van der Waals surface area contributed by atoms with E-state index in [1.54, 1.807) is 34.0 Å². The van der Waals surface area contributed by atoms with E-state index in [2.05, 4.69) is 28.8 Å². The van der Waals surface area contributed by atoms with Crippen LogP contribution in [-0.4, -0.2) is 15.0 Å². The Morgan fingerprint density at radius 1 is 0.556 bits per heavy atom. The molecule has 0 spiro atoms. The summed E-state index contributed by atoms with van der Waals surface area (Å²) in [5.41, 5.74) is 3.18. The number of nitrogens with zero attached hydrogens (tertiary/aromatic N) is 3. The SMILES string of the molecule is Cc1nc2c3nc(C)sc3c3sc(C)nc3c2s1. The lowest BCUT2D eigenvalue weighted by atomic mass is 10.3. The minimum absolute atomic E-state index is 1.02. The molecule has 0 radical (unpaired) electrons. The van der Waals surface area contributed by atoms with E-state index in [4.69, 9.17) is 0 Å². The number of aromatic nitrogens is 3. The van der Waals surface area contributed by atoms with Gasteiger partial charge >= 0.3 is 0 Å². The topological polar surface area (TPSA) is 38.7 Å². The van der Waals surface area contributed by atoms with Gasteiger partial charge in [0.25, 0.3) is 0 Å². The lowest BCUT2D eigenvalue weighted by Crippen LogP contribution is -1.76. The first kappa shape index (κ1) is 10.8. The van der Waals surface area contributed by atoms with Gasteiger partial charge in [0.1, 0.15) is 16.6 Å². The summed E-state index contributed by atoms with van der Waals surface area (Å²) in [6, 6.07) is 0. The van der Waals surface area contributed by atoms with Crippen molar-refractivity contribution in [3.05, 3.63) is 15.0 Å². The molecule has 1 aromatic carbocycles. The van der Waals surface area contributed by atoms with Crippen molar-refractivity contribution in [3.63, 3.8) is 0 Å². The molecule has 0 fully saturated rings. The van der Waals surface area contributed by atoms with Crippen molar-refractivity contribution in [2.24, 2.45) is 0 Å². The summed E-state index contributed by atoms with van der Waals surface area (Å²) in [6.07, 6.45) is 0. The molecule has 3 heterocycles. The lowest BCUT2D eigenvalue weighted by Gasteiger charge is -1.92. The fraction of sp³-hybridized carbons (Fsp3) is 0.250. The van der Waals surface area contributed by atoms with Crippen LogP contribution < -0.4 is 0 Å². The van der Waals surface area contributed by atoms with E-state index in [0.29, 0.717) is 0 Å². The normalized spacial score (nSPS) is 12.2. The van der Waals surface area contributed by atoms with Crippen molar-refractivity contribution < 1.29 is 0 Å². The molecule has 0 N–H and O–H groups in total. The zero-order valence-electron chi connectivity index (χ0n) is 10.1. The van der Waals surface area contributed by atoms with Crippen molar-refractivity contribution in [2.45, 2.75) is 20.8 Å². The number of benzene rings is 1. The predicted molar refractivity (Wildman–Crippen MR) is 80.2 cm³/mol. The number of hydrogen-bond acceptors (Lipinski definition) is 6. The Morgan fingerprint density at radius 2 is 0.944 bits per heavy atom. The molecule has 0 saturated carbocycles. The van der Waals surface area contributed by atoms with E-state index in [-0.39, 0.29) is 0 Å². The minimum atomic E-state index is 1.02. The smallest absolute Gasteiger partial charge is 0.111 e. The van der Waals surface area contributed by atoms with Gasteiger partial charge < -0.3 is 0 Å². The number of aryl methyl sites for hydroxylation is 3. The highest BCUT2D eigenvalue weighted by Crippen LogP contribution is 2.41. The average molecular weight is 291 g/mol. The molecule has 0 atom stereocenters. The second-order valence-corrected chi connectivity index (χ2v) is 7.84. The molecule has 0 aliphatic carbocycles. The van der Waals surface area contributed by atoms with Gasteiger partial charge in [0.2, 0.25) is 0 Å². The Bertz CT molecular complexity index is 695. The highest BCUT2D eigenvalue weighted by Gasteiger charge is 2.18. The van der Waals surface area contributed by atoms with Crippen LogP contribution >= 0.6 is 34.0 Å². The fourth-order valence-corrected chi connectivity index (χ4v) is 5.18. The molecule has 0 saturated heterocycles. The van der Waals surface area contributed by atoms with Crippen LogP contribution in [0, 0.1) is 20.8 Å². The predicted octanol–water partition coefficient (Wildman–Crippen LogP) is 4.44. The maximum absolute atomic E-state index is 4.68. The van der Waals surface area contributed by atoms with Crippen LogP contribution in [0.2, 0.25) is 0 Å². The Hall–Kier alpha value is -1.11. The molecule has 6 heteroatoms. The molecule has 4 aromatic rings. The molecule has 3 nitrogen and oxygen atoms in total. The first-order valence-electron chi connectivity index (χ1n) is 5.57.